The first-order valence-corrected chi connectivity index (χ1v) is 5.65. The van der Waals surface area contributed by atoms with Crippen LogP contribution in [0.4, 0.5) is 5.69 Å². The van der Waals surface area contributed by atoms with Gasteiger partial charge in [-0.1, -0.05) is 13.3 Å². The Hall–Kier alpha value is -1.97. The Morgan fingerprint density at radius 1 is 1.41 bits per heavy atom. The monoisotopic (exact) mass is 232 g/mol. The summed E-state index contributed by atoms with van der Waals surface area (Å²) < 4.78 is 5.19. The van der Waals surface area contributed by atoms with E-state index >= 15 is 0 Å². The molecule has 0 aliphatic carbocycles. The number of pyridine rings is 1. The van der Waals surface area contributed by atoms with Crippen molar-refractivity contribution in [3.8, 4) is 5.75 Å². The number of nitrogen functional groups attached to an aromatic ring is 1. The minimum atomic E-state index is -0.187. The number of aromatic nitrogens is 1. The quantitative estimate of drug-likeness (QED) is 0.796. The molecular formula is C13H16N2O2. The highest BCUT2D eigenvalue weighted by Gasteiger charge is 2.12. The van der Waals surface area contributed by atoms with Crippen LogP contribution in [0.2, 0.25) is 0 Å². The predicted molar refractivity (Wildman–Crippen MR) is 69.5 cm³/mol. The number of H-pyrrole nitrogens is 1. The number of aryl methyl sites for hydroxylation is 1. The molecule has 0 saturated heterocycles. The molecule has 0 spiro atoms. The van der Waals surface area contributed by atoms with Crippen molar-refractivity contribution in [1.29, 1.82) is 0 Å². The van der Waals surface area contributed by atoms with Crippen molar-refractivity contribution < 1.29 is 4.74 Å². The molecule has 1 heterocycles. The molecule has 0 aliphatic heterocycles. The van der Waals surface area contributed by atoms with Gasteiger partial charge >= 0.3 is 0 Å². The average molecular weight is 232 g/mol. The van der Waals surface area contributed by atoms with Crippen LogP contribution in [0, 0.1) is 0 Å². The zero-order valence-electron chi connectivity index (χ0n) is 10.0. The molecule has 1 aromatic heterocycles. The number of benzene rings is 1. The number of nitrogens with one attached hydrogen (secondary N) is 1. The third-order valence-corrected chi connectivity index (χ3v) is 2.80. The van der Waals surface area contributed by atoms with E-state index in [2.05, 4.69) is 11.9 Å². The van der Waals surface area contributed by atoms with Crippen molar-refractivity contribution >= 4 is 16.6 Å². The Labute approximate surface area is 99.4 Å². The lowest BCUT2D eigenvalue weighted by molar-refractivity contribution is 0.404. The SMILES string of the molecule is CCCc1c(OC)c(=O)[nH]c2ccc(N)cc12. The van der Waals surface area contributed by atoms with Gasteiger partial charge in [0.1, 0.15) is 0 Å². The highest BCUT2D eigenvalue weighted by atomic mass is 16.5. The van der Waals surface area contributed by atoms with E-state index in [-0.39, 0.29) is 5.56 Å². The van der Waals surface area contributed by atoms with Crippen molar-refractivity contribution in [3.05, 3.63) is 34.1 Å². The van der Waals surface area contributed by atoms with E-state index in [9.17, 15) is 4.79 Å². The molecule has 0 atom stereocenters. The molecule has 4 heteroatoms. The van der Waals surface area contributed by atoms with Gasteiger partial charge in [-0.3, -0.25) is 4.79 Å². The summed E-state index contributed by atoms with van der Waals surface area (Å²) in [7, 11) is 1.52. The molecule has 1 aromatic carbocycles. The van der Waals surface area contributed by atoms with Crippen LogP contribution in [-0.2, 0) is 6.42 Å². The van der Waals surface area contributed by atoms with Crippen LogP contribution >= 0.6 is 0 Å². The maximum atomic E-state index is 11.8. The Kier molecular flexibility index (Phi) is 3.04. The van der Waals surface area contributed by atoms with Crippen molar-refractivity contribution in [2.45, 2.75) is 19.8 Å². The summed E-state index contributed by atoms with van der Waals surface area (Å²) in [5.74, 6) is 0.393. The third-order valence-electron chi connectivity index (χ3n) is 2.80. The number of anilines is 1. The zero-order chi connectivity index (χ0) is 12.4. The van der Waals surface area contributed by atoms with Gasteiger partial charge in [-0.15, -0.1) is 0 Å². The second-order valence-corrected chi connectivity index (χ2v) is 4.02. The Morgan fingerprint density at radius 2 is 2.18 bits per heavy atom. The molecule has 0 saturated carbocycles. The molecule has 17 heavy (non-hydrogen) atoms. The molecule has 2 aromatic rings. The highest BCUT2D eigenvalue weighted by molar-refractivity contribution is 5.86. The number of fused-ring (bicyclic) bond motifs is 1. The predicted octanol–water partition coefficient (Wildman–Crippen LogP) is 2.07. The molecule has 4 nitrogen and oxygen atoms in total. The second-order valence-electron chi connectivity index (χ2n) is 4.02. The maximum Gasteiger partial charge on any atom is 0.291 e. The van der Waals surface area contributed by atoms with Crippen LogP contribution in [0.3, 0.4) is 0 Å². The van der Waals surface area contributed by atoms with Gasteiger partial charge in [-0.25, -0.2) is 0 Å². The van der Waals surface area contributed by atoms with Crippen LogP contribution < -0.4 is 16.0 Å². The Balaban J connectivity index is 2.84. The number of ether oxygens (including phenoxy) is 1. The summed E-state index contributed by atoms with van der Waals surface area (Å²) in [4.78, 5) is 14.6. The van der Waals surface area contributed by atoms with Crippen LogP contribution in [0.15, 0.2) is 23.0 Å². The van der Waals surface area contributed by atoms with Gasteiger partial charge in [-0.05, 0) is 24.6 Å². The highest BCUT2D eigenvalue weighted by Crippen LogP contribution is 2.25. The van der Waals surface area contributed by atoms with E-state index in [4.69, 9.17) is 10.5 Å². The van der Waals surface area contributed by atoms with Crippen molar-refractivity contribution in [1.82, 2.24) is 4.98 Å². The number of rotatable bonds is 3. The lowest BCUT2D eigenvalue weighted by Crippen LogP contribution is -2.12. The van der Waals surface area contributed by atoms with Crippen LogP contribution in [0.1, 0.15) is 18.9 Å². The van der Waals surface area contributed by atoms with Crippen molar-refractivity contribution in [2.24, 2.45) is 0 Å². The standard InChI is InChI=1S/C13H16N2O2/c1-3-4-9-10-7-8(14)5-6-11(10)15-13(16)12(9)17-2/h5-7H,3-4,14H2,1-2H3,(H,15,16). The first-order chi connectivity index (χ1) is 8.17. The minimum Gasteiger partial charge on any atom is -0.491 e. The number of methoxy groups -OCH3 is 1. The Bertz CT molecular complexity index is 602. The van der Waals surface area contributed by atoms with E-state index in [1.54, 1.807) is 6.07 Å². The fraction of sp³-hybridized carbons (Fsp3) is 0.308. The van der Waals surface area contributed by atoms with E-state index < -0.39 is 0 Å². The molecule has 2 rings (SSSR count). The molecule has 90 valence electrons. The first kappa shape index (κ1) is 11.5. The van der Waals surface area contributed by atoms with Crippen LogP contribution in [0.5, 0.6) is 5.75 Å². The van der Waals surface area contributed by atoms with Gasteiger partial charge < -0.3 is 15.5 Å². The number of nitrogens with two attached hydrogens (primary N) is 1. The second kappa shape index (κ2) is 4.49. The number of hydrogen-bond donors (Lipinski definition) is 2. The first-order valence-electron chi connectivity index (χ1n) is 5.65. The molecule has 0 unspecified atom stereocenters. The van der Waals surface area contributed by atoms with Crippen molar-refractivity contribution in [2.75, 3.05) is 12.8 Å². The molecule has 3 N–H and O–H groups in total. The van der Waals surface area contributed by atoms with Gasteiger partial charge in [0.2, 0.25) is 0 Å². The normalized spacial score (nSPS) is 10.7. The van der Waals surface area contributed by atoms with E-state index in [0.29, 0.717) is 11.4 Å². The molecular weight excluding hydrogens is 216 g/mol. The van der Waals surface area contributed by atoms with Gasteiger partial charge in [0.15, 0.2) is 5.75 Å². The fourth-order valence-corrected chi connectivity index (χ4v) is 2.07. The maximum absolute atomic E-state index is 11.8. The van der Waals surface area contributed by atoms with Gasteiger partial charge in [0, 0.05) is 22.2 Å². The molecule has 0 fully saturated rings. The average Bonchev–Trinajstić information content (AvgIpc) is 2.30. The van der Waals surface area contributed by atoms with E-state index in [1.165, 1.54) is 7.11 Å². The summed E-state index contributed by atoms with van der Waals surface area (Å²) in [6.07, 6.45) is 1.75. The van der Waals surface area contributed by atoms with Crippen LogP contribution in [-0.4, -0.2) is 12.1 Å². The van der Waals surface area contributed by atoms with Gasteiger partial charge in [0.25, 0.3) is 5.56 Å². The molecule has 0 aliphatic rings. The third kappa shape index (κ3) is 1.98. The summed E-state index contributed by atoms with van der Waals surface area (Å²) in [6, 6.07) is 5.48. The Morgan fingerprint density at radius 3 is 2.82 bits per heavy atom. The molecule has 0 amide bonds. The van der Waals surface area contributed by atoms with E-state index in [1.807, 2.05) is 12.1 Å². The molecule has 0 radical (unpaired) electrons. The minimum absolute atomic E-state index is 0.187. The van der Waals surface area contributed by atoms with Crippen molar-refractivity contribution in [3.63, 3.8) is 0 Å². The number of aromatic amines is 1. The van der Waals surface area contributed by atoms with Gasteiger partial charge in [0.05, 0.1) is 7.11 Å². The number of hydrogen-bond acceptors (Lipinski definition) is 3. The molecule has 0 bridgehead atoms. The van der Waals surface area contributed by atoms with Crippen LogP contribution in [0.25, 0.3) is 10.9 Å². The lowest BCUT2D eigenvalue weighted by Gasteiger charge is -2.11. The smallest absolute Gasteiger partial charge is 0.291 e. The fourth-order valence-electron chi connectivity index (χ4n) is 2.07. The lowest BCUT2D eigenvalue weighted by atomic mass is 10.0. The van der Waals surface area contributed by atoms with Gasteiger partial charge in [-0.2, -0.15) is 0 Å². The zero-order valence-corrected chi connectivity index (χ0v) is 10.0. The summed E-state index contributed by atoms with van der Waals surface area (Å²) in [5, 5.41) is 0.961. The summed E-state index contributed by atoms with van der Waals surface area (Å²) >= 11 is 0. The largest absolute Gasteiger partial charge is 0.491 e. The topological polar surface area (TPSA) is 68.1 Å². The van der Waals surface area contributed by atoms with E-state index in [0.717, 1.165) is 29.3 Å². The summed E-state index contributed by atoms with van der Waals surface area (Å²) in [5.41, 5.74) is 8.01. The summed E-state index contributed by atoms with van der Waals surface area (Å²) in [6.45, 7) is 2.07.